The van der Waals surface area contributed by atoms with Gasteiger partial charge in [-0.25, -0.2) is 0 Å². The summed E-state index contributed by atoms with van der Waals surface area (Å²) in [6.07, 6.45) is 0.233. The highest BCUT2D eigenvalue weighted by atomic mass is 32.2. The Morgan fingerprint density at radius 1 is 1.40 bits per heavy atom. The molecule has 0 heterocycles. The largest absolute Gasteiger partial charge is 0.370 e. The monoisotopic (exact) mass is 162 g/mol. The second kappa shape index (κ2) is 5.25. The van der Waals surface area contributed by atoms with E-state index in [1.807, 2.05) is 0 Å². The van der Waals surface area contributed by atoms with E-state index in [1.54, 1.807) is 0 Å². The lowest BCUT2D eigenvalue weighted by Gasteiger charge is -1.93. The van der Waals surface area contributed by atoms with Crippen molar-refractivity contribution in [2.24, 2.45) is 11.5 Å². The van der Waals surface area contributed by atoms with Crippen LogP contribution in [0.15, 0.2) is 0 Å². The van der Waals surface area contributed by atoms with Gasteiger partial charge in [-0.1, -0.05) is 11.8 Å². The average molecular weight is 162 g/mol. The maximum Gasteiger partial charge on any atom is 0.218 e. The molecule has 0 aromatic heterocycles. The molecule has 0 radical (unpaired) electrons. The van der Waals surface area contributed by atoms with Gasteiger partial charge in [-0.2, -0.15) is 0 Å². The minimum atomic E-state index is -0.391. The molecule has 4 nitrogen and oxygen atoms in total. The normalized spacial score (nSPS) is 9.30. The highest BCUT2D eigenvalue weighted by molar-refractivity contribution is 8.13. The van der Waals surface area contributed by atoms with Gasteiger partial charge in [0.2, 0.25) is 11.0 Å². The standard InChI is InChI=1S/C5H10N2O2S/c6-3-5(9)10-2-1-4(7)8/h1-3,6H2,(H2,7,8). The van der Waals surface area contributed by atoms with Gasteiger partial charge in [-0.05, 0) is 0 Å². The average Bonchev–Trinajstić information content (AvgIpc) is 1.87. The van der Waals surface area contributed by atoms with E-state index in [0.29, 0.717) is 5.75 Å². The molecule has 0 spiro atoms. The number of primary amides is 1. The summed E-state index contributed by atoms with van der Waals surface area (Å²) in [4.78, 5) is 20.6. The Hall–Kier alpha value is -0.550. The second-order valence-electron chi connectivity index (χ2n) is 1.64. The number of rotatable bonds is 4. The third kappa shape index (κ3) is 5.58. The Labute approximate surface area is 63.3 Å². The number of thioether (sulfide) groups is 1. The molecule has 1 amide bonds. The fourth-order valence-electron chi connectivity index (χ4n) is 0.324. The number of nitrogens with two attached hydrogens (primary N) is 2. The third-order valence-corrected chi connectivity index (χ3v) is 1.68. The summed E-state index contributed by atoms with van der Waals surface area (Å²) in [6, 6.07) is 0. The molecule has 4 N–H and O–H groups in total. The number of amides is 1. The van der Waals surface area contributed by atoms with Crippen LogP contribution in [0.3, 0.4) is 0 Å². The van der Waals surface area contributed by atoms with Crippen molar-refractivity contribution < 1.29 is 9.59 Å². The van der Waals surface area contributed by atoms with E-state index >= 15 is 0 Å². The van der Waals surface area contributed by atoms with Gasteiger partial charge in [-0.15, -0.1) is 0 Å². The Kier molecular flexibility index (Phi) is 4.96. The van der Waals surface area contributed by atoms with Crippen molar-refractivity contribution >= 4 is 22.8 Å². The topological polar surface area (TPSA) is 86.2 Å². The summed E-state index contributed by atoms with van der Waals surface area (Å²) in [5.74, 6) is 0.0445. The van der Waals surface area contributed by atoms with Gasteiger partial charge < -0.3 is 11.5 Å². The van der Waals surface area contributed by atoms with Crippen molar-refractivity contribution in [3.8, 4) is 0 Å². The van der Waals surface area contributed by atoms with Crippen molar-refractivity contribution in [2.45, 2.75) is 6.42 Å². The fourth-order valence-corrected chi connectivity index (χ4v) is 0.973. The van der Waals surface area contributed by atoms with Gasteiger partial charge in [0.05, 0.1) is 6.54 Å². The fraction of sp³-hybridized carbons (Fsp3) is 0.600. The first kappa shape index (κ1) is 9.45. The van der Waals surface area contributed by atoms with Crippen LogP contribution in [0, 0.1) is 0 Å². The molecule has 5 heteroatoms. The van der Waals surface area contributed by atoms with Crippen LogP contribution in [-0.4, -0.2) is 23.3 Å². The van der Waals surface area contributed by atoms with Crippen LogP contribution in [0.1, 0.15) is 6.42 Å². The number of carbonyl (C=O) groups excluding carboxylic acids is 2. The Morgan fingerprint density at radius 2 is 2.00 bits per heavy atom. The number of carbonyl (C=O) groups is 2. The summed E-state index contributed by atoms with van der Waals surface area (Å²) >= 11 is 1.04. The van der Waals surface area contributed by atoms with Crippen LogP contribution in [0.2, 0.25) is 0 Å². The molecule has 0 aliphatic rings. The van der Waals surface area contributed by atoms with E-state index in [4.69, 9.17) is 11.5 Å². The lowest BCUT2D eigenvalue weighted by atomic mass is 10.5. The van der Waals surface area contributed by atoms with E-state index in [0.717, 1.165) is 11.8 Å². The first-order valence-electron chi connectivity index (χ1n) is 2.81. The molecule has 0 aliphatic carbocycles. The van der Waals surface area contributed by atoms with E-state index < -0.39 is 5.91 Å². The molecule has 0 aliphatic heterocycles. The molecule has 0 saturated carbocycles. The zero-order chi connectivity index (χ0) is 7.98. The van der Waals surface area contributed by atoms with E-state index in [2.05, 4.69) is 0 Å². The minimum absolute atomic E-state index is 0.0173. The molecule has 0 bridgehead atoms. The second-order valence-corrected chi connectivity index (χ2v) is 2.79. The van der Waals surface area contributed by atoms with Gasteiger partial charge in [0, 0.05) is 12.2 Å². The Bertz CT molecular complexity index is 138. The van der Waals surface area contributed by atoms with Crippen molar-refractivity contribution in [1.82, 2.24) is 0 Å². The summed E-state index contributed by atoms with van der Waals surface area (Å²) in [6.45, 7) is 0.0173. The van der Waals surface area contributed by atoms with E-state index in [9.17, 15) is 9.59 Å². The van der Waals surface area contributed by atoms with Gasteiger partial charge in [-0.3, -0.25) is 9.59 Å². The maximum atomic E-state index is 10.5. The molecule has 0 rings (SSSR count). The predicted octanol–water partition coefficient (Wildman–Crippen LogP) is -0.920. The van der Waals surface area contributed by atoms with Crippen molar-refractivity contribution in [1.29, 1.82) is 0 Å². The minimum Gasteiger partial charge on any atom is -0.370 e. The van der Waals surface area contributed by atoms with Gasteiger partial charge in [0.1, 0.15) is 0 Å². The molecule has 0 aromatic rings. The number of hydrogen-bond donors (Lipinski definition) is 2. The zero-order valence-electron chi connectivity index (χ0n) is 5.50. The first-order valence-corrected chi connectivity index (χ1v) is 3.79. The summed E-state index contributed by atoms with van der Waals surface area (Å²) in [5.41, 5.74) is 9.83. The molecule has 58 valence electrons. The van der Waals surface area contributed by atoms with Crippen molar-refractivity contribution in [3.63, 3.8) is 0 Å². The van der Waals surface area contributed by atoms with Crippen molar-refractivity contribution in [3.05, 3.63) is 0 Å². The first-order chi connectivity index (χ1) is 4.66. The van der Waals surface area contributed by atoms with E-state index in [1.165, 1.54) is 0 Å². The van der Waals surface area contributed by atoms with Gasteiger partial charge in [0.25, 0.3) is 0 Å². The molecule has 0 unspecified atom stereocenters. The lowest BCUT2D eigenvalue weighted by molar-refractivity contribution is -0.117. The summed E-state index contributed by atoms with van der Waals surface area (Å²) < 4.78 is 0. The quantitative estimate of drug-likeness (QED) is 0.559. The SMILES string of the molecule is NCC(=O)SCCC(N)=O. The van der Waals surface area contributed by atoms with Crippen LogP contribution in [0.4, 0.5) is 0 Å². The predicted molar refractivity (Wildman–Crippen MR) is 40.3 cm³/mol. The molecular formula is C5H10N2O2S. The van der Waals surface area contributed by atoms with Crippen molar-refractivity contribution in [2.75, 3.05) is 12.3 Å². The van der Waals surface area contributed by atoms with Gasteiger partial charge in [0.15, 0.2) is 0 Å². The van der Waals surface area contributed by atoms with Gasteiger partial charge >= 0.3 is 0 Å². The van der Waals surface area contributed by atoms with E-state index in [-0.39, 0.29) is 18.1 Å². The van der Waals surface area contributed by atoms with Crippen LogP contribution in [-0.2, 0) is 9.59 Å². The highest BCUT2D eigenvalue weighted by Crippen LogP contribution is 2.01. The zero-order valence-corrected chi connectivity index (χ0v) is 6.32. The smallest absolute Gasteiger partial charge is 0.218 e. The van der Waals surface area contributed by atoms with Crippen LogP contribution >= 0.6 is 11.8 Å². The molecule has 0 saturated heterocycles. The number of hydrogen-bond acceptors (Lipinski definition) is 4. The molecule has 10 heavy (non-hydrogen) atoms. The third-order valence-electron chi connectivity index (χ3n) is 0.778. The maximum absolute atomic E-state index is 10.5. The lowest BCUT2D eigenvalue weighted by Crippen LogP contribution is -2.14. The molecule has 0 fully saturated rings. The molecule has 0 aromatic carbocycles. The van der Waals surface area contributed by atoms with Crippen LogP contribution < -0.4 is 11.5 Å². The van der Waals surface area contributed by atoms with Crippen LogP contribution in [0.5, 0.6) is 0 Å². The molecule has 0 atom stereocenters. The Morgan fingerprint density at radius 3 is 2.40 bits per heavy atom. The summed E-state index contributed by atoms with van der Waals surface area (Å²) in [7, 11) is 0. The highest BCUT2D eigenvalue weighted by Gasteiger charge is 1.99. The molecular weight excluding hydrogens is 152 g/mol. The van der Waals surface area contributed by atoms with Crippen LogP contribution in [0.25, 0.3) is 0 Å². The summed E-state index contributed by atoms with van der Waals surface area (Å²) in [5, 5.41) is -0.110. The Balaban J connectivity index is 3.20.